The Bertz CT molecular complexity index is 957. The molecule has 0 fully saturated rings. The van der Waals surface area contributed by atoms with Gasteiger partial charge in [-0.05, 0) is 62.7 Å². The van der Waals surface area contributed by atoms with E-state index >= 15 is 0 Å². The maximum Gasteiger partial charge on any atom is 0.418 e. The lowest BCUT2D eigenvalue weighted by Crippen LogP contribution is -2.53. The number of hydrogen-bond donors (Lipinski definition) is 0. The number of alkyl halides is 1. The summed E-state index contributed by atoms with van der Waals surface area (Å²) in [6, 6.07) is 2.53. The molecule has 0 bridgehead atoms. The first-order valence-electron chi connectivity index (χ1n) is 11.7. The van der Waals surface area contributed by atoms with Gasteiger partial charge in [0.05, 0.1) is 10.3 Å². The van der Waals surface area contributed by atoms with E-state index in [1.165, 1.54) is 11.1 Å². The summed E-state index contributed by atoms with van der Waals surface area (Å²) in [5, 5.41) is 0.229. The van der Waals surface area contributed by atoms with Gasteiger partial charge in [0.2, 0.25) is 5.95 Å². The maximum atomic E-state index is 15.0. The second-order valence-electron chi connectivity index (χ2n) is 11.6. The average Bonchev–Trinajstić information content (AvgIpc) is 2.71. The third kappa shape index (κ3) is 7.72. The van der Waals surface area contributed by atoms with Crippen molar-refractivity contribution < 1.29 is 23.0 Å². The first kappa shape index (κ1) is 30.2. The Morgan fingerprint density at radius 3 is 2.49 bits per heavy atom. The van der Waals surface area contributed by atoms with Crippen LogP contribution in [0.2, 0.25) is 25.7 Å². The van der Waals surface area contributed by atoms with Crippen molar-refractivity contribution in [2.45, 2.75) is 83.1 Å². The Balaban J connectivity index is 2.56. The molecule has 0 radical (unpaired) electrons. The SMILES string of the molecule is C[C@@H]1[C@@](C)(CF)SC(N(COCC[Si](C)(C)C)C(=O)OC(C)(C)C)=N[C@]1(C)c1cc(Br)cnc1F. The van der Waals surface area contributed by atoms with Crippen LogP contribution in [0.5, 0.6) is 0 Å². The molecule has 1 amide bonds. The largest absolute Gasteiger partial charge is 0.443 e. The van der Waals surface area contributed by atoms with E-state index in [0.29, 0.717) is 11.1 Å². The van der Waals surface area contributed by atoms with Crippen LogP contribution in [0.15, 0.2) is 21.7 Å². The van der Waals surface area contributed by atoms with Crippen LogP contribution in [0.1, 0.15) is 47.1 Å². The first-order valence-corrected chi connectivity index (χ1v) is 17.0. The van der Waals surface area contributed by atoms with Crippen LogP contribution in [-0.2, 0) is 15.0 Å². The number of aliphatic imine (C=N–C) groups is 1. The van der Waals surface area contributed by atoms with Crippen LogP contribution in [0, 0.1) is 11.9 Å². The molecule has 0 saturated carbocycles. The molecule has 1 aromatic rings. The first-order chi connectivity index (χ1) is 15.9. The minimum absolute atomic E-state index is 0.0999. The zero-order valence-electron chi connectivity index (χ0n) is 22.2. The molecule has 3 atom stereocenters. The molecule has 2 heterocycles. The predicted molar refractivity (Wildman–Crippen MR) is 145 cm³/mol. The highest BCUT2D eigenvalue weighted by Gasteiger charge is 2.52. The molecule has 1 aromatic heterocycles. The van der Waals surface area contributed by atoms with Crippen molar-refractivity contribution in [3.63, 3.8) is 0 Å². The quantitative estimate of drug-likeness (QED) is 0.144. The van der Waals surface area contributed by atoms with E-state index in [9.17, 15) is 13.6 Å². The van der Waals surface area contributed by atoms with E-state index in [-0.39, 0.29) is 17.5 Å². The molecule has 0 aromatic carbocycles. The fourth-order valence-corrected chi connectivity index (χ4v) is 6.02. The number of halogens is 3. The zero-order chi connectivity index (χ0) is 26.8. The van der Waals surface area contributed by atoms with Gasteiger partial charge in [0.25, 0.3) is 0 Å². The number of amidine groups is 1. The molecule has 198 valence electrons. The number of hydrogen-bond acceptors (Lipinski definition) is 6. The number of carbonyl (C=O) groups excluding carboxylic acids is 1. The van der Waals surface area contributed by atoms with Gasteiger partial charge in [0, 0.05) is 36.8 Å². The van der Waals surface area contributed by atoms with Crippen molar-refractivity contribution in [3.8, 4) is 0 Å². The molecular formula is C24H38BrF2N3O3SSi. The lowest BCUT2D eigenvalue weighted by molar-refractivity contribution is 0.0107. The minimum atomic E-state index is -1.35. The Morgan fingerprint density at radius 2 is 1.94 bits per heavy atom. The van der Waals surface area contributed by atoms with Crippen molar-refractivity contribution in [2.24, 2.45) is 10.9 Å². The smallest absolute Gasteiger partial charge is 0.418 e. The molecule has 0 saturated heterocycles. The van der Waals surface area contributed by atoms with Gasteiger partial charge in [0.1, 0.15) is 19.0 Å². The lowest BCUT2D eigenvalue weighted by atomic mass is 9.74. The number of pyridine rings is 1. The molecular weight excluding hydrogens is 556 g/mol. The van der Waals surface area contributed by atoms with Crippen molar-refractivity contribution in [2.75, 3.05) is 20.0 Å². The standard InChI is InChI=1S/C24H38BrF2N3O3SSi/c1-16-23(5,14-26)34-20(29-24(16,6)18-12-17(25)13-28-19(18)27)30(21(31)33-22(2,3)4)15-32-10-11-35(7,8)9/h12-13,16H,10-11,14-15H2,1-9H3/t16-,23-,24+/m1/s1. The van der Waals surface area contributed by atoms with Crippen LogP contribution in [0.25, 0.3) is 0 Å². The third-order valence-electron chi connectivity index (χ3n) is 6.09. The predicted octanol–water partition coefficient (Wildman–Crippen LogP) is 7.21. The van der Waals surface area contributed by atoms with Gasteiger partial charge in [-0.2, -0.15) is 4.39 Å². The van der Waals surface area contributed by atoms with E-state index in [0.717, 1.165) is 17.8 Å². The number of thioether (sulfide) groups is 1. The number of amides is 1. The van der Waals surface area contributed by atoms with Crippen molar-refractivity contribution in [1.29, 1.82) is 0 Å². The van der Waals surface area contributed by atoms with E-state index in [1.807, 2.05) is 6.92 Å². The molecule has 0 aliphatic carbocycles. The maximum absolute atomic E-state index is 15.0. The molecule has 2 rings (SSSR count). The molecule has 1 aliphatic rings. The van der Waals surface area contributed by atoms with E-state index in [1.54, 1.807) is 40.7 Å². The summed E-state index contributed by atoms with van der Waals surface area (Å²) >= 11 is 4.50. The molecule has 6 nitrogen and oxygen atoms in total. The highest BCUT2D eigenvalue weighted by atomic mass is 79.9. The number of nitrogens with zero attached hydrogens (tertiary/aromatic N) is 3. The average molecular weight is 595 g/mol. The number of carbonyl (C=O) groups is 1. The zero-order valence-corrected chi connectivity index (χ0v) is 25.6. The van der Waals surface area contributed by atoms with Gasteiger partial charge in [-0.1, -0.05) is 38.3 Å². The third-order valence-corrected chi connectivity index (χ3v) is 9.65. The van der Waals surface area contributed by atoms with E-state index in [4.69, 9.17) is 14.5 Å². The van der Waals surface area contributed by atoms with Gasteiger partial charge in [-0.25, -0.2) is 19.1 Å². The highest BCUT2D eigenvalue weighted by molar-refractivity contribution is 9.10. The summed E-state index contributed by atoms with van der Waals surface area (Å²) in [7, 11) is -1.35. The van der Waals surface area contributed by atoms with Crippen molar-refractivity contribution in [1.82, 2.24) is 9.88 Å². The molecule has 35 heavy (non-hydrogen) atoms. The van der Waals surface area contributed by atoms with Gasteiger partial charge in [0.15, 0.2) is 5.17 Å². The minimum Gasteiger partial charge on any atom is -0.443 e. The Kier molecular flexibility index (Phi) is 9.61. The van der Waals surface area contributed by atoms with Gasteiger partial charge in [-0.15, -0.1) is 0 Å². The van der Waals surface area contributed by atoms with Gasteiger partial charge in [-0.3, -0.25) is 4.99 Å². The molecule has 0 spiro atoms. The topological polar surface area (TPSA) is 64.0 Å². The van der Waals surface area contributed by atoms with Crippen LogP contribution in [0.4, 0.5) is 13.6 Å². The molecule has 1 aliphatic heterocycles. The van der Waals surface area contributed by atoms with Crippen LogP contribution in [-0.4, -0.2) is 59.6 Å². The fraction of sp³-hybridized carbons (Fsp3) is 0.708. The van der Waals surface area contributed by atoms with E-state index in [2.05, 4.69) is 40.6 Å². The Hall–Kier alpha value is -1.04. The Labute approximate surface area is 221 Å². The lowest BCUT2D eigenvalue weighted by Gasteiger charge is -2.47. The summed E-state index contributed by atoms with van der Waals surface area (Å²) < 4.78 is 40.6. The fourth-order valence-electron chi connectivity index (χ4n) is 3.58. The van der Waals surface area contributed by atoms with Crippen LogP contribution in [0.3, 0.4) is 0 Å². The van der Waals surface area contributed by atoms with Crippen LogP contribution >= 0.6 is 27.7 Å². The summed E-state index contributed by atoms with van der Waals surface area (Å²) in [5.41, 5.74) is -1.73. The van der Waals surface area contributed by atoms with Gasteiger partial charge >= 0.3 is 6.09 Å². The number of aromatic nitrogens is 1. The summed E-state index contributed by atoms with van der Waals surface area (Å²) in [6.45, 7) is 17.1. The molecule has 0 unspecified atom stereocenters. The monoisotopic (exact) mass is 593 g/mol. The molecule has 11 heteroatoms. The Morgan fingerprint density at radius 1 is 1.31 bits per heavy atom. The highest BCUT2D eigenvalue weighted by Crippen LogP contribution is 2.51. The number of ether oxygens (including phenoxy) is 2. The normalized spacial score (nSPS) is 25.3. The van der Waals surface area contributed by atoms with Crippen molar-refractivity contribution in [3.05, 3.63) is 28.2 Å². The van der Waals surface area contributed by atoms with Crippen molar-refractivity contribution >= 4 is 47.0 Å². The second-order valence-corrected chi connectivity index (χ2v) is 19.6. The summed E-state index contributed by atoms with van der Waals surface area (Å²) in [5.74, 6) is -1.11. The van der Waals surface area contributed by atoms with Gasteiger partial charge < -0.3 is 9.47 Å². The second kappa shape index (κ2) is 11.1. The molecule has 0 N–H and O–H groups in total. The van der Waals surface area contributed by atoms with E-state index < -0.39 is 48.6 Å². The summed E-state index contributed by atoms with van der Waals surface area (Å²) in [6.07, 6.45) is 0.714. The number of rotatable bonds is 7. The summed E-state index contributed by atoms with van der Waals surface area (Å²) in [4.78, 5) is 23.2. The van der Waals surface area contributed by atoms with Crippen LogP contribution < -0.4 is 0 Å².